The molecule has 132 valence electrons. The highest BCUT2D eigenvalue weighted by atomic mass is 16.5. The van der Waals surface area contributed by atoms with Gasteiger partial charge in [-0.05, 0) is 18.2 Å². The molecule has 2 aliphatic heterocycles. The van der Waals surface area contributed by atoms with Gasteiger partial charge in [0.2, 0.25) is 5.91 Å². The smallest absolute Gasteiger partial charge is 0.328 e. The summed E-state index contributed by atoms with van der Waals surface area (Å²) in [5.74, 6) is 0.156. The Morgan fingerprint density at radius 3 is 2.73 bits per heavy atom. The Hall–Kier alpha value is -3.35. The number of urea groups is 1. The third kappa shape index (κ3) is 2.88. The second-order valence-electron chi connectivity index (χ2n) is 6.15. The summed E-state index contributed by atoms with van der Waals surface area (Å²) < 4.78 is 5.60. The van der Waals surface area contributed by atoms with Crippen LogP contribution in [0.5, 0.6) is 5.75 Å². The fourth-order valence-electron chi connectivity index (χ4n) is 3.21. The van der Waals surface area contributed by atoms with E-state index in [2.05, 4.69) is 10.6 Å². The minimum absolute atomic E-state index is 0.200. The molecule has 4 amide bonds. The number of hydrogen-bond donors (Lipinski definition) is 2. The summed E-state index contributed by atoms with van der Waals surface area (Å²) in [6.07, 6.45) is 0.200. The van der Waals surface area contributed by atoms with Gasteiger partial charge in [-0.15, -0.1) is 0 Å². The third-order valence-corrected chi connectivity index (χ3v) is 4.50. The molecule has 1 unspecified atom stereocenters. The zero-order chi connectivity index (χ0) is 18.1. The number of carbonyl (C=O) groups is 3. The highest BCUT2D eigenvalue weighted by molar-refractivity contribution is 6.09. The highest BCUT2D eigenvalue weighted by Gasteiger charge is 2.29. The Morgan fingerprint density at radius 2 is 1.88 bits per heavy atom. The lowest BCUT2D eigenvalue weighted by Gasteiger charge is -2.28. The maximum atomic E-state index is 12.9. The van der Waals surface area contributed by atoms with Gasteiger partial charge in [-0.3, -0.25) is 19.8 Å². The quantitative estimate of drug-likeness (QED) is 0.885. The lowest BCUT2D eigenvalue weighted by molar-refractivity contribution is -0.120. The lowest BCUT2D eigenvalue weighted by Crippen LogP contribution is -2.50. The van der Waals surface area contributed by atoms with Gasteiger partial charge in [0.05, 0.1) is 17.3 Å². The van der Waals surface area contributed by atoms with Gasteiger partial charge in [-0.1, -0.05) is 30.3 Å². The fourth-order valence-corrected chi connectivity index (χ4v) is 3.21. The molecule has 0 radical (unpaired) electrons. The van der Waals surface area contributed by atoms with E-state index in [1.165, 1.54) is 4.90 Å². The van der Waals surface area contributed by atoms with Crippen LogP contribution in [0.15, 0.2) is 48.5 Å². The van der Waals surface area contributed by atoms with Gasteiger partial charge in [-0.25, -0.2) is 4.79 Å². The number of anilines is 1. The van der Waals surface area contributed by atoms with E-state index in [1.54, 1.807) is 24.3 Å². The van der Waals surface area contributed by atoms with Crippen molar-refractivity contribution in [3.63, 3.8) is 0 Å². The standard InChI is InChI=1S/C19H17N3O4/c23-17-9-10-22(19(25)21-17)15-7-3-1-6-13(15)18(24)20-14-11-26-16-8-4-2-5-12(14)16/h1-8,14H,9-11H2,(H,20,24)(H,21,23,25). The van der Waals surface area contributed by atoms with E-state index in [-0.39, 0.29) is 30.8 Å². The minimum atomic E-state index is -0.518. The van der Waals surface area contributed by atoms with Crippen molar-refractivity contribution in [2.75, 3.05) is 18.1 Å². The number of para-hydroxylation sites is 2. The Labute approximate surface area is 149 Å². The Bertz CT molecular complexity index is 896. The molecule has 0 bridgehead atoms. The molecule has 0 aromatic heterocycles. The molecule has 2 N–H and O–H groups in total. The monoisotopic (exact) mass is 351 g/mol. The van der Waals surface area contributed by atoms with E-state index in [0.29, 0.717) is 17.9 Å². The number of benzene rings is 2. The van der Waals surface area contributed by atoms with E-state index in [4.69, 9.17) is 4.74 Å². The summed E-state index contributed by atoms with van der Waals surface area (Å²) in [4.78, 5) is 37.8. The van der Waals surface area contributed by atoms with Gasteiger partial charge in [0.15, 0.2) is 0 Å². The van der Waals surface area contributed by atoms with Crippen LogP contribution in [-0.4, -0.2) is 31.0 Å². The van der Waals surface area contributed by atoms with Gasteiger partial charge in [0, 0.05) is 18.5 Å². The second-order valence-corrected chi connectivity index (χ2v) is 6.15. The Balaban J connectivity index is 1.58. The molecule has 2 aromatic rings. The first-order valence-corrected chi connectivity index (χ1v) is 8.36. The van der Waals surface area contributed by atoms with Crippen LogP contribution < -0.4 is 20.3 Å². The molecular weight excluding hydrogens is 334 g/mol. The predicted molar refractivity (Wildman–Crippen MR) is 94.1 cm³/mol. The van der Waals surface area contributed by atoms with Crippen molar-refractivity contribution in [2.24, 2.45) is 0 Å². The second kappa shape index (κ2) is 6.51. The first kappa shape index (κ1) is 16.1. The maximum Gasteiger partial charge on any atom is 0.328 e. The van der Waals surface area contributed by atoms with Crippen molar-refractivity contribution in [1.82, 2.24) is 10.6 Å². The van der Waals surface area contributed by atoms with Crippen molar-refractivity contribution in [2.45, 2.75) is 12.5 Å². The molecule has 0 spiro atoms. The largest absolute Gasteiger partial charge is 0.491 e. The Morgan fingerprint density at radius 1 is 1.12 bits per heavy atom. The normalized spacial score (nSPS) is 18.8. The van der Waals surface area contributed by atoms with Crippen molar-refractivity contribution in [3.8, 4) is 5.75 Å². The van der Waals surface area contributed by atoms with E-state index in [9.17, 15) is 14.4 Å². The van der Waals surface area contributed by atoms with Crippen LogP contribution in [0, 0.1) is 0 Å². The molecule has 7 heteroatoms. The van der Waals surface area contributed by atoms with Crippen LogP contribution in [0.3, 0.4) is 0 Å². The molecule has 2 heterocycles. The molecule has 4 rings (SSSR count). The molecule has 0 saturated carbocycles. The first-order chi connectivity index (χ1) is 12.6. The van der Waals surface area contributed by atoms with Crippen LogP contribution >= 0.6 is 0 Å². The first-order valence-electron chi connectivity index (χ1n) is 8.36. The molecule has 2 aliphatic rings. The van der Waals surface area contributed by atoms with Crippen molar-refractivity contribution in [3.05, 3.63) is 59.7 Å². The summed E-state index contributed by atoms with van der Waals surface area (Å²) in [6, 6.07) is 13.7. The zero-order valence-corrected chi connectivity index (χ0v) is 13.9. The van der Waals surface area contributed by atoms with Gasteiger partial charge >= 0.3 is 6.03 Å². The molecule has 1 atom stereocenters. The van der Waals surface area contributed by atoms with Crippen LogP contribution in [0.2, 0.25) is 0 Å². The molecule has 1 fully saturated rings. The van der Waals surface area contributed by atoms with Crippen LogP contribution in [0.4, 0.5) is 10.5 Å². The molecule has 1 saturated heterocycles. The van der Waals surface area contributed by atoms with E-state index >= 15 is 0 Å². The number of imide groups is 1. The average molecular weight is 351 g/mol. The van der Waals surface area contributed by atoms with Crippen molar-refractivity contribution in [1.29, 1.82) is 0 Å². The zero-order valence-electron chi connectivity index (χ0n) is 13.9. The third-order valence-electron chi connectivity index (χ3n) is 4.50. The van der Waals surface area contributed by atoms with Crippen LogP contribution in [-0.2, 0) is 4.79 Å². The summed E-state index contributed by atoms with van der Waals surface area (Å²) >= 11 is 0. The number of ether oxygens (including phenoxy) is 1. The van der Waals surface area contributed by atoms with E-state index < -0.39 is 6.03 Å². The SMILES string of the molecule is O=C1CCN(c2ccccc2C(=O)NC2COc3ccccc32)C(=O)N1. The van der Waals surface area contributed by atoms with Gasteiger partial charge in [-0.2, -0.15) is 0 Å². The number of rotatable bonds is 3. The van der Waals surface area contributed by atoms with Crippen molar-refractivity contribution < 1.29 is 19.1 Å². The number of fused-ring (bicyclic) bond motifs is 1. The van der Waals surface area contributed by atoms with Crippen LogP contribution in [0.1, 0.15) is 28.4 Å². The maximum absolute atomic E-state index is 12.9. The molecule has 2 aromatic carbocycles. The van der Waals surface area contributed by atoms with E-state index in [0.717, 1.165) is 11.3 Å². The number of nitrogens with zero attached hydrogens (tertiary/aromatic N) is 1. The van der Waals surface area contributed by atoms with Crippen molar-refractivity contribution >= 4 is 23.5 Å². The number of carbonyl (C=O) groups excluding carboxylic acids is 3. The van der Waals surface area contributed by atoms with Gasteiger partial charge in [0.1, 0.15) is 12.4 Å². The summed E-state index contributed by atoms with van der Waals surface area (Å²) in [6.45, 7) is 0.607. The fraction of sp³-hybridized carbons (Fsp3) is 0.211. The number of hydrogen-bond acceptors (Lipinski definition) is 4. The number of nitrogens with one attached hydrogen (secondary N) is 2. The molecule has 26 heavy (non-hydrogen) atoms. The van der Waals surface area contributed by atoms with Gasteiger partial charge < -0.3 is 10.1 Å². The molecule has 7 nitrogen and oxygen atoms in total. The summed E-state index contributed by atoms with van der Waals surface area (Å²) in [7, 11) is 0. The predicted octanol–water partition coefficient (Wildman–Crippen LogP) is 2.00. The minimum Gasteiger partial charge on any atom is -0.491 e. The Kier molecular flexibility index (Phi) is 4.04. The number of amides is 4. The summed E-state index contributed by atoms with van der Waals surface area (Å²) in [5, 5.41) is 5.24. The summed E-state index contributed by atoms with van der Waals surface area (Å²) in [5.41, 5.74) is 1.78. The molecule has 0 aliphatic carbocycles. The lowest BCUT2D eigenvalue weighted by atomic mass is 10.1. The topological polar surface area (TPSA) is 87.7 Å². The van der Waals surface area contributed by atoms with E-state index in [1.807, 2.05) is 24.3 Å². The van der Waals surface area contributed by atoms with Gasteiger partial charge in [0.25, 0.3) is 5.91 Å². The molecular formula is C19H17N3O4. The highest BCUT2D eigenvalue weighted by Crippen LogP contribution is 2.32. The van der Waals surface area contributed by atoms with Crippen LogP contribution in [0.25, 0.3) is 0 Å². The average Bonchev–Trinajstić information content (AvgIpc) is 3.05.